The van der Waals surface area contributed by atoms with Gasteiger partial charge in [0, 0.05) is 17.5 Å². The van der Waals surface area contributed by atoms with Gasteiger partial charge in [0.05, 0.1) is 17.2 Å². The lowest BCUT2D eigenvalue weighted by atomic mass is 9.57. The molecule has 1 unspecified atom stereocenters. The summed E-state index contributed by atoms with van der Waals surface area (Å²) in [6, 6.07) is -0.996. The van der Waals surface area contributed by atoms with Crippen molar-refractivity contribution in [3.05, 3.63) is 45.2 Å². The molecule has 1 aromatic carbocycles. The van der Waals surface area contributed by atoms with E-state index in [1.807, 2.05) is 0 Å². The van der Waals surface area contributed by atoms with Gasteiger partial charge in [-0.15, -0.1) is 0 Å². The Morgan fingerprint density at radius 1 is 1.23 bits per heavy atom. The molecule has 9 nitrogen and oxygen atoms in total. The van der Waals surface area contributed by atoms with Gasteiger partial charge in [-0.05, 0) is 75.2 Å². The molecule has 12 heteroatoms. The molecule has 216 valence electrons. The average molecular weight is 565 g/mol. The zero-order valence-corrected chi connectivity index (χ0v) is 22.0. The molecule has 0 amide bonds. The van der Waals surface area contributed by atoms with E-state index in [9.17, 15) is 48.0 Å². The predicted octanol–water partition coefficient (Wildman–Crippen LogP) is 2.95. The number of hydrogen-bond acceptors (Lipinski definition) is 9. The Hall–Kier alpha value is -3.22. The molecule has 0 aromatic heterocycles. The molecule has 1 aromatic rings. The Morgan fingerprint density at radius 3 is 2.50 bits per heavy atom. The first kappa shape index (κ1) is 28.3. The van der Waals surface area contributed by atoms with Crippen molar-refractivity contribution in [3.63, 3.8) is 0 Å². The summed E-state index contributed by atoms with van der Waals surface area (Å²) in [6.45, 7) is 3.57. The molecule has 5 atom stereocenters. The number of aliphatic hydroxyl groups is 3. The highest BCUT2D eigenvalue weighted by Gasteiger charge is 2.63. The molecule has 1 saturated heterocycles. The molecule has 5 rings (SSSR count). The summed E-state index contributed by atoms with van der Waals surface area (Å²) >= 11 is 0. The van der Waals surface area contributed by atoms with Gasteiger partial charge >= 0.3 is 6.18 Å². The van der Waals surface area contributed by atoms with Crippen LogP contribution in [0.2, 0.25) is 0 Å². The third-order valence-electron chi connectivity index (χ3n) is 8.67. The summed E-state index contributed by atoms with van der Waals surface area (Å²) in [5, 5.41) is 50.6. The van der Waals surface area contributed by atoms with Crippen molar-refractivity contribution < 1.29 is 48.0 Å². The number of aromatic hydroxyl groups is 1. The Bertz CT molecular complexity index is 1380. The molecular weight excluding hydrogens is 533 g/mol. The van der Waals surface area contributed by atoms with Gasteiger partial charge in [0.2, 0.25) is 5.78 Å². The van der Waals surface area contributed by atoms with E-state index in [-0.39, 0.29) is 24.1 Å². The van der Waals surface area contributed by atoms with Crippen LogP contribution in [0, 0.1) is 11.8 Å². The number of phenols is 1. The first-order valence-electron chi connectivity index (χ1n) is 13.4. The van der Waals surface area contributed by atoms with Crippen LogP contribution < -0.4 is 10.6 Å². The monoisotopic (exact) mass is 564 g/mol. The fourth-order valence-corrected chi connectivity index (χ4v) is 6.98. The molecule has 0 spiro atoms. The number of phenolic OH excluding ortho intramolecular Hbond substituents is 1. The highest BCUT2D eigenvalue weighted by atomic mass is 19.4. The third-order valence-corrected chi connectivity index (χ3v) is 8.67. The van der Waals surface area contributed by atoms with E-state index in [2.05, 4.69) is 10.6 Å². The summed E-state index contributed by atoms with van der Waals surface area (Å²) in [5.41, 5.74) is -6.07. The lowest BCUT2D eigenvalue weighted by Gasteiger charge is -2.49. The van der Waals surface area contributed by atoms with Gasteiger partial charge < -0.3 is 31.1 Å². The Balaban J connectivity index is 1.73. The topological polar surface area (TPSA) is 156 Å². The Morgan fingerprint density at radius 2 is 1.93 bits per heavy atom. The molecule has 2 fully saturated rings. The van der Waals surface area contributed by atoms with Crippen LogP contribution in [0.25, 0.3) is 5.76 Å². The number of fused-ring (bicyclic) bond motifs is 3. The maximum Gasteiger partial charge on any atom is 0.417 e. The van der Waals surface area contributed by atoms with Gasteiger partial charge in [-0.3, -0.25) is 14.4 Å². The summed E-state index contributed by atoms with van der Waals surface area (Å²) in [5.74, 6) is -8.03. The van der Waals surface area contributed by atoms with Crippen molar-refractivity contribution in [2.24, 2.45) is 11.8 Å². The van der Waals surface area contributed by atoms with Crippen LogP contribution in [0.4, 0.5) is 13.2 Å². The number of rotatable bonds is 5. The SMILES string of the molecule is CCCN[C@@H]1C(=O)C(C(C)=O)=C(O)[C@@]2(O)C(=O)C3=C(O)c4c(O)cc(C5CCCN5)c(C(F)(F)F)c4C[C@H]3C[C@@H]12. The minimum Gasteiger partial charge on any atom is -0.508 e. The maximum atomic E-state index is 14.6. The van der Waals surface area contributed by atoms with Crippen molar-refractivity contribution in [1.29, 1.82) is 0 Å². The number of Topliss-reactive ketones (excluding diaryl/α,β-unsaturated/α-hetero) is 3. The van der Waals surface area contributed by atoms with Gasteiger partial charge in [0.15, 0.2) is 17.2 Å². The molecule has 3 aliphatic carbocycles. The maximum absolute atomic E-state index is 14.6. The second-order valence-electron chi connectivity index (χ2n) is 11.0. The van der Waals surface area contributed by atoms with Crippen molar-refractivity contribution in [1.82, 2.24) is 10.6 Å². The highest BCUT2D eigenvalue weighted by molar-refractivity contribution is 6.25. The lowest BCUT2D eigenvalue weighted by molar-refractivity contribution is -0.150. The van der Waals surface area contributed by atoms with Crippen LogP contribution >= 0.6 is 0 Å². The minimum absolute atomic E-state index is 0.154. The standard InChI is InChI=1S/C28H31F3N2O7/c1-3-6-33-22-15-9-12-8-14-20(17(35)10-13(16-5-4-7-32-16)21(14)28(29,30)31)23(36)19(12)26(39)27(15,40)25(38)18(11(2)34)24(22)37/h10,12,15-16,22,32-33,35-36,38,40H,3-9H2,1-2H3/t12-,15-,16?,22-,27+/m0/s1. The van der Waals surface area contributed by atoms with Gasteiger partial charge in [-0.2, -0.15) is 13.2 Å². The number of aliphatic hydroxyl groups excluding tert-OH is 2. The number of ketones is 3. The number of nitrogens with one attached hydrogen (secondary N) is 2. The number of hydrogen-bond donors (Lipinski definition) is 6. The number of alkyl halides is 3. The number of carbonyl (C=O) groups excluding carboxylic acids is 3. The average Bonchev–Trinajstić information content (AvgIpc) is 3.40. The van der Waals surface area contributed by atoms with Crippen LogP contribution in [0.5, 0.6) is 5.75 Å². The van der Waals surface area contributed by atoms with E-state index >= 15 is 0 Å². The molecule has 0 radical (unpaired) electrons. The molecule has 4 aliphatic rings. The quantitative estimate of drug-likeness (QED) is 0.296. The number of carbonyl (C=O) groups is 3. The van der Waals surface area contributed by atoms with Crippen molar-refractivity contribution in [3.8, 4) is 5.75 Å². The molecule has 0 bridgehead atoms. The van der Waals surface area contributed by atoms with Crippen LogP contribution in [0.15, 0.2) is 23.0 Å². The van der Waals surface area contributed by atoms with E-state index in [1.165, 1.54) is 0 Å². The smallest absolute Gasteiger partial charge is 0.417 e. The van der Waals surface area contributed by atoms with E-state index in [0.717, 1.165) is 13.0 Å². The normalized spacial score (nSPS) is 30.4. The predicted molar refractivity (Wildman–Crippen MR) is 135 cm³/mol. The highest BCUT2D eigenvalue weighted by Crippen LogP contribution is 2.54. The Kier molecular flexibility index (Phi) is 6.87. The largest absolute Gasteiger partial charge is 0.508 e. The molecule has 1 saturated carbocycles. The van der Waals surface area contributed by atoms with E-state index in [0.29, 0.717) is 25.8 Å². The van der Waals surface area contributed by atoms with Gasteiger partial charge in [0.1, 0.15) is 22.8 Å². The molecule has 40 heavy (non-hydrogen) atoms. The number of benzene rings is 1. The molecule has 1 heterocycles. The van der Waals surface area contributed by atoms with E-state index < -0.39 is 99.0 Å². The lowest BCUT2D eigenvalue weighted by Crippen LogP contribution is -2.65. The second-order valence-corrected chi connectivity index (χ2v) is 11.0. The molecule has 1 aliphatic heterocycles. The summed E-state index contributed by atoms with van der Waals surface area (Å²) in [7, 11) is 0. The van der Waals surface area contributed by atoms with Crippen molar-refractivity contribution in [2.45, 2.75) is 69.8 Å². The first-order valence-corrected chi connectivity index (χ1v) is 13.4. The van der Waals surface area contributed by atoms with E-state index in [1.54, 1.807) is 6.92 Å². The van der Waals surface area contributed by atoms with Gasteiger partial charge in [0.25, 0.3) is 0 Å². The van der Waals surface area contributed by atoms with Crippen LogP contribution in [0.1, 0.15) is 67.8 Å². The van der Waals surface area contributed by atoms with Crippen LogP contribution in [-0.4, -0.2) is 62.5 Å². The Labute approximate surface area is 227 Å². The van der Waals surface area contributed by atoms with Crippen LogP contribution in [0.3, 0.4) is 0 Å². The summed E-state index contributed by atoms with van der Waals surface area (Å²) < 4.78 is 43.7. The van der Waals surface area contributed by atoms with Crippen LogP contribution in [-0.2, 0) is 27.0 Å². The summed E-state index contributed by atoms with van der Waals surface area (Å²) in [4.78, 5) is 39.4. The zero-order valence-electron chi connectivity index (χ0n) is 22.0. The van der Waals surface area contributed by atoms with Crippen molar-refractivity contribution >= 4 is 23.1 Å². The van der Waals surface area contributed by atoms with Crippen molar-refractivity contribution in [2.75, 3.05) is 13.1 Å². The minimum atomic E-state index is -4.85. The van der Waals surface area contributed by atoms with Gasteiger partial charge in [-0.1, -0.05) is 6.92 Å². The first-order chi connectivity index (χ1) is 18.7. The number of halogens is 3. The zero-order chi connectivity index (χ0) is 29.3. The van der Waals surface area contributed by atoms with E-state index in [4.69, 9.17) is 0 Å². The molecular formula is C28H31F3N2O7. The fraction of sp³-hybridized carbons (Fsp3) is 0.536. The fourth-order valence-electron chi connectivity index (χ4n) is 6.98. The molecule has 6 N–H and O–H groups in total. The third kappa shape index (κ3) is 3.99. The summed E-state index contributed by atoms with van der Waals surface area (Å²) in [6.07, 6.45) is -3.91. The second kappa shape index (κ2) is 9.71. The van der Waals surface area contributed by atoms with Gasteiger partial charge in [-0.25, -0.2) is 0 Å².